The minimum atomic E-state index is -0.942. The number of carboxylic acids is 1. The summed E-state index contributed by atoms with van der Waals surface area (Å²) in [6, 6.07) is 6.82. The Hall–Kier alpha value is -2.37. The van der Waals surface area contributed by atoms with Crippen LogP contribution in [0.2, 0.25) is 0 Å². The monoisotopic (exact) mass is 304 g/mol. The van der Waals surface area contributed by atoms with Gasteiger partial charge >= 0.3 is 5.97 Å². The minimum absolute atomic E-state index is 0.0278. The first kappa shape index (κ1) is 16.0. The summed E-state index contributed by atoms with van der Waals surface area (Å²) in [6.07, 6.45) is 1.87. The van der Waals surface area contributed by atoms with Crippen LogP contribution in [-0.2, 0) is 9.59 Å². The second-order valence-electron chi connectivity index (χ2n) is 5.52. The average molecular weight is 304 g/mol. The van der Waals surface area contributed by atoms with Crippen LogP contribution in [0.15, 0.2) is 24.3 Å². The zero-order valence-corrected chi connectivity index (χ0v) is 12.5. The van der Waals surface area contributed by atoms with Gasteiger partial charge in [-0.2, -0.15) is 0 Å². The summed E-state index contributed by atoms with van der Waals surface area (Å²) in [7, 11) is 0. The molecule has 0 bridgehead atoms. The second-order valence-corrected chi connectivity index (χ2v) is 5.52. The number of carbonyl (C=O) groups is 3. The van der Waals surface area contributed by atoms with Crippen LogP contribution in [0.3, 0.4) is 0 Å². The molecule has 6 heteroatoms. The lowest BCUT2D eigenvalue weighted by molar-refractivity contribution is -0.133. The number of nitrogens with zero attached hydrogens (tertiary/aromatic N) is 1. The number of carboxylic acid groups (broad SMARTS) is 1. The molecule has 0 spiro atoms. The summed E-state index contributed by atoms with van der Waals surface area (Å²) in [5.41, 5.74) is 1.31. The topological polar surface area (TPSA) is 86.7 Å². The number of hydrogen-bond acceptors (Lipinski definition) is 3. The Morgan fingerprint density at radius 2 is 1.95 bits per heavy atom. The van der Waals surface area contributed by atoms with Gasteiger partial charge in [0.15, 0.2) is 0 Å². The molecule has 0 unspecified atom stereocenters. The lowest BCUT2D eigenvalue weighted by Crippen LogP contribution is -2.44. The van der Waals surface area contributed by atoms with Gasteiger partial charge in [0.1, 0.15) is 0 Å². The number of aromatic carboxylic acids is 1. The predicted molar refractivity (Wildman–Crippen MR) is 80.6 cm³/mol. The van der Waals surface area contributed by atoms with Gasteiger partial charge in [0.2, 0.25) is 11.8 Å². The van der Waals surface area contributed by atoms with Crippen molar-refractivity contribution in [3.05, 3.63) is 35.4 Å². The van der Waals surface area contributed by atoms with Crippen LogP contribution in [0, 0.1) is 0 Å². The highest BCUT2D eigenvalue weighted by molar-refractivity contribution is 5.87. The number of likely N-dealkylation sites (tertiary alicyclic amines) is 1. The molecule has 2 amide bonds. The molecule has 2 N–H and O–H groups in total. The van der Waals surface area contributed by atoms with Crippen molar-refractivity contribution in [1.29, 1.82) is 0 Å². The molecule has 118 valence electrons. The minimum Gasteiger partial charge on any atom is -0.478 e. The summed E-state index contributed by atoms with van der Waals surface area (Å²) in [6.45, 7) is 2.71. The van der Waals surface area contributed by atoms with Crippen LogP contribution >= 0.6 is 0 Å². The molecule has 1 aromatic carbocycles. The highest BCUT2D eigenvalue weighted by Crippen LogP contribution is 2.27. The van der Waals surface area contributed by atoms with E-state index in [9.17, 15) is 14.4 Å². The summed E-state index contributed by atoms with van der Waals surface area (Å²) in [5.74, 6) is -1.03. The lowest BCUT2D eigenvalue weighted by Gasteiger charge is -2.33. The van der Waals surface area contributed by atoms with Gasteiger partial charge in [0.05, 0.1) is 12.1 Å². The number of rotatable bonds is 4. The quantitative estimate of drug-likeness (QED) is 0.876. The second kappa shape index (κ2) is 7.06. The highest BCUT2D eigenvalue weighted by Gasteiger charge is 2.24. The molecule has 1 atom stereocenters. The normalized spacial score (nSPS) is 17.9. The zero-order chi connectivity index (χ0) is 16.1. The Bertz CT molecular complexity index is 568. The van der Waals surface area contributed by atoms with Gasteiger partial charge in [0.25, 0.3) is 0 Å². The maximum atomic E-state index is 12.1. The number of amides is 2. The predicted octanol–water partition coefficient (Wildman–Crippen LogP) is 1.23. The molecule has 1 saturated heterocycles. The van der Waals surface area contributed by atoms with E-state index in [-0.39, 0.29) is 29.8 Å². The van der Waals surface area contributed by atoms with Gasteiger partial charge in [-0.3, -0.25) is 9.59 Å². The van der Waals surface area contributed by atoms with E-state index < -0.39 is 5.97 Å². The first-order valence-corrected chi connectivity index (χ1v) is 7.33. The van der Waals surface area contributed by atoms with E-state index >= 15 is 0 Å². The number of carbonyl (C=O) groups excluding carboxylic acids is 2. The van der Waals surface area contributed by atoms with Crippen molar-refractivity contribution in [2.75, 3.05) is 19.6 Å². The van der Waals surface area contributed by atoms with Gasteiger partial charge in [-0.1, -0.05) is 12.1 Å². The van der Waals surface area contributed by atoms with Gasteiger partial charge in [-0.25, -0.2) is 4.79 Å². The third kappa shape index (κ3) is 4.07. The van der Waals surface area contributed by atoms with Crippen molar-refractivity contribution in [2.45, 2.75) is 25.7 Å². The number of benzene rings is 1. The van der Waals surface area contributed by atoms with E-state index in [1.54, 1.807) is 17.0 Å². The molecule has 22 heavy (non-hydrogen) atoms. The average Bonchev–Trinajstić information content (AvgIpc) is 2.52. The van der Waals surface area contributed by atoms with E-state index in [1.807, 2.05) is 12.1 Å². The van der Waals surface area contributed by atoms with Gasteiger partial charge in [-0.15, -0.1) is 0 Å². The lowest BCUT2D eigenvalue weighted by atomic mass is 9.90. The maximum Gasteiger partial charge on any atom is 0.335 e. The first-order chi connectivity index (χ1) is 10.5. The molecule has 0 aromatic heterocycles. The molecule has 1 aliphatic rings. The molecule has 0 aliphatic carbocycles. The standard InChI is InChI=1S/C16H20N2O4/c1-11(19)17-9-15(20)18-8-2-3-14(10-18)12-4-6-13(7-5-12)16(21)22/h4-7,14H,2-3,8-10H2,1H3,(H,17,19)(H,21,22)/t14-/m0/s1. The van der Waals surface area contributed by atoms with E-state index in [1.165, 1.54) is 6.92 Å². The largest absolute Gasteiger partial charge is 0.478 e. The molecule has 0 saturated carbocycles. The Balaban J connectivity index is 1.99. The fourth-order valence-electron chi connectivity index (χ4n) is 2.69. The van der Waals surface area contributed by atoms with Crippen molar-refractivity contribution in [3.8, 4) is 0 Å². The molecule has 1 fully saturated rings. The molecule has 1 aliphatic heterocycles. The zero-order valence-electron chi connectivity index (χ0n) is 12.5. The van der Waals surface area contributed by atoms with Crippen molar-refractivity contribution in [1.82, 2.24) is 10.2 Å². The third-order valence-electron chi connectivity index (χ3n) is 3.89. The summed E-state index contributed by atoms with van der Waals surface area (Å²) in [5, 5.41) is 11.4. The van der Waals surface area contributed by atoms with Crippen molar-refractivity contribution >= 4 is 17.8 Å². The Labute approximate surface area is 129 Å². The molecule has 2 rings (SSSR count). The Morgan fingerprint density at radius 3 is 2.55 bits per heavy atom. The summed E-state index contributed by atoms with van der Waals surface area (Å²) >= 11 is 0. The first-order valence-electron chi connectivity index (χ1n) is 7.33. The Kier molecular flexibility index (Phi) is 5.14. The number of hydrogen-bond donors (Lipinski definition) is 2. The van der Waals surface area contributed by atoms with Crippen molar-refractivity contribution in [2.24, 2.45) is 0 Å². The summed E-state index contributed by atoms with van der Waals surface area (Å²) < 4.78 is 0. The number of nitrogens with one attached hydrogen (secondary N) is 1. The molecule has 1 aromatic rings. The third-order valence-corrected chi connectivity index (χ3v) is 3.89. The van der Waals surface area contributed by atoms with Gasteiger partial charge in [0, 0.05) is 25.9 Å². The van der Waals surface area contributed by atoms with Crippen LogP contribution in [0.4, 0.5) is 0 Å². The van der Waals surface area contributed by atoms with Crippen LogP contribution in [0.25, 0.3) is 0 Å². The van der Waals surface area contributed by atoms with Crippen LogP contribution in [0.1, 0.15) is 41.6 Å². The van der Waals surface area contributed by atoms with Crippen molar-refractivity contribution < 1.29 is 19.5 Å². The Morgan fingerprint density at radius 1 is 1.27 bits per heavy atom. The highest BCUT2D eigenvalue weighted by atomic mass is 16.4. The molecular weight excluding hydrogens is 284 g/mol. The van der Waals surface area contributed by atoms with Gasteiger partial charge < -0.3 is 15.3 Å². The fraction of sp³-hybridized carbons (Fsp3) is 0.438. The SMILES string of the molecule is CC(=O)NCC(=O)N1CCC[C@H](c2ccc(C(=O)O)cc2)C1. The summed E-state index contributed by atoms with van der Waals surface area (Å²) in [4.78, 5) is 35.6. The maximum absolute atomic E-state index is 12.1. The molecule has 6 nitrogen and oxygen atoms in total. The smallest absolute Gasteiger partial charge is 0.335 e. The van der Waals surface area contributed by atoms with E-state index in [4.69, 9.17) is 5.11 Å². The van der Waals surface area contributed by atoms with E-state index in [2.05, 4.69) is 5.32 Å². The van der Waals surface area contributed by atoms with Crippen molar-refractivity contribution in [3.63, 3.8) is 0 Å². The van der Waals surface area contributed by atoms with E-state index in [0.29, 0.717) is 13.1 Å². The van der Waals surface area contributed by atoms with Crippen LogP contribution in [-0.4, -0.2) is 47.4 Å². The van der Waals surface area contributed by atoms with Crippen LogP contribution < -0.4 is 5.32 Å². The molecule has 1 heterocycles. The fourth-order valence-corrected chi connectivity index (χ4v) is 2.69. The van der Waals surface area contributed by atoms with E-state index in [0.717, 1.165) is 18.4 Å². The van der Waals surface area contributed by atoms with Crippen LogP contribution in [0.5, 0.6) is 0 Å². The van der Waals surface area contributed by atoms with Gasteiger partial charge in [-0.05, 0) is 30.5 Å². The number of piperidine rings is 1. The molecular formula is C16H20N2O4. The molecule has 0 radical (unpaired) electrons.